The first kappa shape index (κ1) is 15.8. The van der Waals surface area contributed by atoms with Crippen LogP contribution in [0.25, 0.3) is 0 Å². The predicted octanol–water partition coefficient (Wildman–Crippen LogP) is 1.50. The van der Waals surface area contributed by atoms with Crippen molar-refractivity contribution < 1.29 is 19.4 Å². The topological polar surface area (TPSA) is 87.7 Å². The van der Waals surface area contributed by atoms with Crippen LogP contribution in [0.3, 0.4) is 0 Å². The molecule has 6 nitrogen and oxygen atoms in total. The van der Waals surface area contributed by atoms with Crippen molar-refractivity contribution in [3.63, 3.8) is 0 Å². The summed E-state index contributed by atoms with van der Waals surface area (Å²) >= 11 is 0. The normalized spacial score (nSPS) is 18.2. The van der Waals surface area contributed by atoms with Crippen molar-refractivity contribution in [1.29, 1.82) is 0 Å². The number of amides is 2. The molecule has 3 N–H and O–H groups in total. The van der Waals surface area contributed by atoms with E-state index in [9.17, 15) is 9.59 Å². The van der Waals surface area contributed by atoms with Crippen LogP contribution in [0.2, 0.25) is 0 Å². The maximum absolute atomic E-state index is 11.7. The van der Waals surface area contributed by atoms with Crippen molar-refractivity contribution in [2.24, 2.45) is 0 Å². The third-order valence-electron chi connectivity index (χ3n) is 3.72. The van der Waals surface area contributed by atoms with E-state index in [0.29, 0.717) is 13.0 Å². The second-order valence-electron chi connectivity index (χ2n) is 5.10. The van der Waals surface area contributed by atoms with Crippen LogP contribution in [-0.2, 0) is 9.53 Å². The van der Waals surface area contributed by atoms with Gasteiger partial charge < -0.3 is 20.5 Å². The molecule has 0 bridgehead atoms. The predicted molar refractivity (Wildman–Crippen MR) is 71.1 cm³/mol. The molecule has 0 aromatic rings. The fourth-order valence-electron chi connectivity index (χ4n) is 2.14. The molecule has 0 heterocycles. The Hall–Kier alpha value is -1.30. The highest BCUT2D eigenvalue weighted by molar-refractivity contribution is 5.82. The maximum atomic E-state index is 11.7. The van der Waals surface area contributed by atoms with Gasteiger partial charge in [-0.3, -0.25) is 0 Å². The molecule has 6 heteroatoms. The van der Waals surface area contributed by atoms with E-state index in [1.165, 1.54) is 0 Å². The molecule has 1 fully saturated rings. The summed E-state index contributed by atoms with van der Waals surface area (Å²) in [6.07, 6.45) is 5.10. The Labute approximate surface area is 113 Å². The van der Waals surface area contributed by atoms with Crippen molar-refractivity contribution in [2.75, 3.05) is 13.7 Å². The first-order chi connectivity index (χ1) is 9.03. The van der Waals surface area contributed by atoms with Crippen molar-refractivity contribution in [1.82, 2.24) is 10.6 Å². The Morgan fingerprint density at radius 1 is 1.42 bits per heavy atom. The number of methoxy groups -OCH3 is 1. The van der Waals surface area contributed by atoms with Crippen LogP contribution in [0.4, 0.5) is 4.79 Å². The number of carboxylic acid groups (broad SMARTS) is 1. The van der Waals surface area contributed by atoms with Gasteiger partial charge in [-0.25, -0.2) is 9.59 Å². The van der Waals surface area contributed by atoms with Crippen molar-refractivity contribution >= 4 is 12.0 Å². The number of carbonyl (C=O) groups excluding carboxylic acids is 1. The van der Waals surface area contributed by atoms with Gasteiger partial charge in [0.1, 0.15) is 6.04 Å². The molecule has 1 atom stereocenters. The van der Waals surface area contributed by atoms with E-state index in [0.717, 1.165) is 32.1 Å². The molecule has 0 aromatic carbocycles. The van der Waals surface area contributed by atoms with Crippen LogP contribution in [0, 0.1) is 0 Å². The number of rotatable bonds is 8. The molecule has 1 unspecified atom stereocenters. The Morgan fingerprint density at radius 3 is 2.53 bits per heavy atom. The molecule has 2 amide bonds. The van der Waals surface area contributed by atoms with Gasteiger partial charge in [0.05, 0.1) is 5.60 Å². The number of aliphatic carboxylic acids is 1. The Balaban J connectivity index is 2.33. The Bertz CT molecular complexity index is 310. The van der Waals surface area contributed by atoms with Crippen molar-refractivity contribution in [3.8, 4) is 0 Å². The van der Waals surface area contributed by atoms with Crippen LogP contribution in [0.1, 0.15) is 45.4 Å². The lowest BCUT2D eigenvalue weighted by atomic mass is 9.80. The number of ether oxygens (including phenoxy) is 1. The fourth-order valence-corrected chi connectivity index (χ4v) is 2.14. The van der Waals surface area contributed by atoms with Gasteiger partial charge in [0.25, 0.3) is 0 Å². The Kier molecular flexibility index (Phi) is 6.08. The lowest BCUT2D eigenvalue weighted by Gasteiger charge is -2.40. The molecule has 19 heavy (non-hydrogen) atoms. The molecule has 0 aromatic heterocycles. The van der Waals surface area contributed by atoms with Crippen molar-refractivity contribution in [2.45, 2.75) is 57.1 Å². The first-order valence-electron chi connectivity index (χ1n) is 6.85. The third-order valence-corrected chi connectivity index (χ3v) is 3.72. The summed E-state index contributed by atoms with van der Waals surface area (Å²) in [4.78, 5) is 22.7. The van der Waals surface area contributed by atoms with E-state index in [-0.39, 0.29) is 5.60 Å². The summed E-state index contributed by atoms with van der Waals surface area (Å²) in [6, 6.07) is -1.26. The van der Waals surface area contributed by atoms with Crippen LogP contribution in [0.5, 0.6) is 0 Å². The molecule has 0 saturated heterocycles. The zero-order valence-electron chi connectivity index (χ0n) is 11.7. The quantitative estimate of drug-likeness (QED) is 0.625. The average molecular weight is 272 g/mol. The van der Waals surface area contributed by atoms with E-state index in [1.807, 2.05) is 6.92 Å². The summed E-state index contributed by atoms with van der Waals surface area (Å²) in [5.41, 5.74) is -0.251. The first-order valence-corrected chi connectivity index (χ1v) is 6.85. The summed E-state index contributed by atoms with van der Waals surface area (Å²) < 4.78 is 5.38. The monoisotopic (exact) mass is 272 g/mol. The second-order valence-corrected chi connectivity index (χ2v) is 5.10. The molecule has 1 aliphatic carbocycles. The van der Waals surface area contributed by atoms with Gasteiger partial charge in [-0.05, 0) is 25.7 Å². The zero-order chi connectivity index (χ0) is 14.3. The molecule has 1 rings (SSSR count). The number of urea groups is 1. The van der Waals surface area contributed by atoms with E-state index in [4.69, 9.17) is 9.84 Å². The van der Waals surface area contributed by atoms with E-state index < -0.39 is 18.0 Å². The van der Waals surface area contributed by atoms with E-state index >= 15 is 0 Å². The summed E-state index contributed by atoms with van der Waals surface area (Å²) in [7, 11) is 1.64. The number of hydrogen-bond acceptors (Lipinski definition) is 3. The molecule has 0 radical (unpaired) electrons. The van der Waals surface area contributed by atoms with E-state index in [1.54, 1.807) is 7.11 Å². The number of hydrogen-bond donors (Lipinski definition) is 3. The molecule has 110 valence electrons. The lowest BCUT2D eigenvalue weighted by Crippen LogP contribution is -2.53. The Morgan fingerprint density at radius 2 is 2.11 bits per heavy atom. The number of carbonyl (C=O) groups is 2. The highest BCUT2D eigenvalue weighted by Gasteiger charge is 2.37. The molecule has 1 aliphatic rings. The van der Waals surface area contributed by atoms with Crippen LogP contribution in [0.15, 0.2) is 0 Å². The molecule has 0 aliphatic heterocycles. The standard InChI is InChI=1S/C13H24N2O4/c1-3-4-6-10(11(16)17)15-12(18)14-9-13(19-2)7-5-8-13/h10H,3-9H2,1-2H3,(H,16,17)(H2,14,15,18). The van der Waals surface area contributed by atoms with Crippen LogP contribution < -0.4 is 10.6 Å². The number of unbranched alkanes of at least 4 members (excludes halogenated alkanes) is 1. The van der Waals surface area contributed by atoms with E-state index in [2.05, 4.69) is 10.6 Å². The fraction of sp³-hybridized carbons (Fsp3) is 0.846. The summed E-state index contributed by atoms with van der Waals surface area (Å²) in [6.45, 7) is 2.41. The molecule has 1 saturated carbocycles. The highest BCUT2D eigenvalue weighted by Crippen LogP contribution is 2.34. The van der Waals surface area contributed by atoms with Crippen LogP contribution >= 0.6 is 0 Å². The van der Waals surface area contributed by atoms with Gasteiger partial charge in [0.15, 0.2) is 0 Å². The van der Waals surface area contributed by atoms with Gasteiger partial charge in [0.2, 0.25) is 0 Å². The van der Waals surface area contributed by atoms with Gasteiger partial charge in [-0.1, -0.05) is 19.8 Å². The molecular formula is C13H24N2O4. The largest absolute Gasteiger partial charge is 0.480 e. The number of carboxylic acids is 1. The van der Waals surface area contributed by atoms with Gasteiger partial charge >= 0.3 is 12.0 Å². The smallest absolute Gasteiger partial charge is 0.326 e. The van der Waals surface area contributed by atoms with Crippen molar-refractivity contribution in [3.05, 3.63) is 0 Å². The van der Waals surface area contributed by atoms with Gasteiger partial charge in [0, 0.05) is 13.7 Å². The zero-order valence-corrected chi connectivity index (χ0v) is 11.7. The highest BCUT2D eigenvalue weighted by atomic mass is 16.5. The SMILES string of the molecule is CCCCC(NC(=O)NCC1(OC)CCC1)C(=O)O. The van der Waals surface area contributed by atoms with Gasteiger partial charge in [-0.15, -0.1) is 0 Å². The molecular weight excluding hydrogens is 248 g/mol. The minimum atomic E-state index is -0.992. The average Bonchev–Trinajstić information content (AvgIpc) is 2.33. The van der Waals surface area contributed by atoms with Crippen LogP contribution in [-0.4, -0.2) is 42.4 Å². The lowest BCUT2D eigenvalue weighted by molar-refractivity contribution is -0.139. The minimum Gasteiger partial charge on any atom is -0.480 e. The third kappa shape index (κ3) is 4.70. The maximum Gasteiger partial charge on any atom is 0.326 e. The van der Waals surface area contributed by atoms with Gasteiger partial charge in [-0.2, -0.15) is 0 Å². The summed E-state index contributed by atoms with van der Waals surface area (Å²) in [5, 5.41) is 14.2. The summed E-state index contributed by atoms with van der Waals surface area (Å²) in [5.74, 6) is -0.992. The second kappa shape index (κ2) is 7.33. The number of nitrogens with one attached hydrogen (secondary N) is 2. The minimum absolute atomic E-state index is 0.251. The molecule has 0 spiro atoms.